The van der Waals surface area contributed by atoms with Gasteiger partial charge in [-0.05, 0) is 80.9 Å². The van der Waals surface area contributed by atoms with Crippen LogP contribution in [0.2, 0.25) is 0 Å². The molecule has 0 spiro atoms. The van der Waals surface area contributed by atoms with Crippen LogP contribution in [-0.4, -0.2) is 58.4 Å². The molecule has 3 N–H and O–H groups in total. The van der Waals surface area contributed by atoms with Crippen molar-refractivity contribution >= 4 is 23.2 Å². The van der Waals surface area contributed by atoms with E-state index >= 15 is 0 Å². The second-order valence-corrected chi connectivity index (χ2v) is 11.6. The monoisotopic (exact) mass is 494 g/mol. The van der Waals surface area contributed by atoms with Crippen molar-refractivity contribution in [1.82, 2.24) is 15.1 Å². The van der Waals surface area contributed by atoms with Crippen LogP contribution < -0.4 is 11.1 Å². The van der Waals surface area contributed by atoms with Crippen molar-refractivity contribution in [3.8, 4) is 0 Å². The summed E-state index contributed by atoms with van der Waals surface area (Å²) in [7, 11) is 0. The van der Waals surface area contributed by atoms with E-state index in [2.05, 4.69) is 41.4 Å². The fourth-order valence-corrected chi connectivity index (χ4v) is 6.47. The Labute approximate surface area is 212 Å². The molecule has 1 unspecified atom stereocenters. The average molecular weight is 495 g/mol. The lowest BCUT2D eigenvalue weighted by atomic mass is 9.90. The number of amides is 2. The smallest absolute Gasteiger partial charge is 0.264 e. The molecule has 2 aromatic rings. The summed E-state index contributed by atoms with van der Waals surface area (Å²) in [5, 5.41) is 5.23. The first-order chi connectivity index (χ1) is 17.0. The number of thiophene rings is 1. The van der Waals surface area contributed by atoms with Gasteiger partial charge in [0.25, 0.3) is 5.91 Å². The second kappa shape index (κ2) is 10.8. The fraction of sp³-hybridized carbons (Fsp3) is 0.571. The van der Waals surface area contributed by atoms with Crippen LogP contribution in [0.1, 0.15) is 72.2 Å². The zero-order valence-electron chi connectivity index (χ0n) is 20.7. The first kappa shape index (κ1) is 24.5. The largest absolute Gasteiger partial charge is 0.352 e. The number of hydrogen-bond acceptors (Lipinski definition) is 5. The maximum Gasteiger partial charge on any atom is 0.264 e. The molecule has 2 aliphatic carbocycles. The molecule has 6 nitrogen and oxygen atoms in total. The number of nitrogens with two attached hydrogens (primary N) is 1. The Bertz CT molecular complexity index is 1010. The number of likely N-dealkylation sites (tertiary alicyclic amines) is 1. The third-order valence-electron chi connectivity index (χ3n) is 8.09. The molecule has 1 saturated heterocycles. The van der Waals surface area contributed by atoms with E-state index in [1.54, 1.807) is 0 Å². The minimum atomic E-state index is -0.433. The van der Waals surface area contributed by atoms with Crippen LogP contribution in [0.3, 0.4) is 0 Å². The van der Waals surface area contributed by atoms with Crippen LogP contribution in [0, 0.1) is 6.92 Å². The van der Waals surface area contributed by atoms with Gasteiger partial charge < -0.3 is 16.0 Å². The number of nitrogens with zero attached hydrogens (tertiary/aromatic N) is 2. The normalized spacial score (nSPS) is 27.1. The van der Waals surface area contributed by atoms with Crippen molar-refractivity contribution in [3.05, 3.63) is 57.8 Å². The van der Waals surface area contributed by atoms with Crippen LogP contribution in [0.5, 0.6) is 0 Å². The molecule has 0 radical (unpaired) electrons. The van der Waals surface area contributed by atoms with Gasteiger partial charge in [-0.25, -0.2) is 0 Å². The van der Waals surface area contributed by atoms with Crippen molar-refractivity contribution in [1.29, 1.82) is 0 Å². The number of hydrogen-bond donors (Lipinski definition) is 2. The predicted octanol–water partition coefficient (Wildman–Crippen LogP) is 4.08. The van der Waals surface area contributed by atoms with Gasteiger partial charge in [0.2, 0.25) is 5.91 Å². The van der Waals surface area contributed by atoms with Gasteiger partial charge in [-0.1, -0.05) is 30.3 Å². The van der Waals surface area contributed by atoms with Crippen LogP contribution in [-0.2, 0) is 11.3 Å². The predicted molar refractivity (Wildman–Crippen MR) is 140 cm³/mol. The van der Waals surface area contributed by atoms with E-state index in [1.165, 1.54) is 35.3 Å². The number of rotatable bonds is 7. The quantitative estimate of drug-likeness (QED) is 0.608. The van der Waals surface area contributed by atoms with Gasteiger partial charge in [-0.2, -0.15) is 0 Å². The van der Waals surface area contributed by atoms with Crippen molar-refractivity contribution in [2.75, 3.05) is 6.54 Å². The Morgan fingerprint density at radius 1 is 1.03 bits per heavy atom. The first-order valence-electron chi connectivity index (χ1n) is 13.2. The summed E-state index contributed by atoms with van der Waals surface area (Å²) in [5.74, 6) is -0.00661. The Hall–Kier alpha value is -2.22. The molecule has 2 heterocycles. The summed E-state index contributed by atoms with van der Waals surface area (Å²) >= 11 is 1.45. The van der Waals surface area contributed by atoms with Crippen LogP contribution in [0.4, 0.5) is 0 Å². The van der Waals surface area contributed by atoms with Gasteiger partial charge in [0, 0.05) is 37.3 Å². The molecule has 1 aromatic heterocycles. The average Bonchev–Trinajstić information content (AvgIpc) is 3.56. The summed E-state index contributed by atoms with van der Waals surface area (Å²) in [6.45, 7) is 3.71. The summed E-state index contributed by atoms with van der Waals surface area (Å²) in [6, 6.07) is 13.2. The Morgan fingerprint density at radius 2 is 1.80 bits per heavy atom. The molecule has 2 saturated carbocycles. The van der Waals surface area contributed by atoms with Crippen molar-refractivity contribution < 1.29 is 9.59 Å². The lowest BCUT2D eigenvalue weighted by molar-refractivity contribution is -0.128. The lowest BCUT2D eigenvalue weighted by Crippen LogP contribution is -2.58. The molecule has 7 heteroatoms. The van der Waals surface area contributed by atoms with Gasteiger partial charge in [-0.15, -0.1) is 11.3 Å². The number of nitrogens with one attached hydrogen (secondary N) is 1. The topological polar surface area (TPSA) is 78.7 Å². The maximum absolute atomic E-state index is 13.6. The summed E-state index contributed by atoms with van der Waals surface area (Å²) in [6.07, 6.45) is 7.77. The number of aryl methyl sites for hydroxylation is 1. The van der Waals surface area contributed by atoms with E-state index in [-0.39, 0.29) is 23.9 Å². The van der Waals surface area contributed by atoms with Gasteiger partial charge >= 0.3 is 0 Å². The molecule has 35 heavy (non-hydrogen) atoms. The zero-order chi connectivity index (χ0) is 24.4. The van der Waals surface area contributed by atoms with Crippen molar-refractivity contribution in [3.63, 3.8) is 0 Å². The minimum absolute atomic E-state index is 0.00622. The Balaban J connectivity index is 1.34. The highest BCUT2D eigenvalue weighted by molar-refractivity contribution is 7.12. The number of carbonyl (C=O) groups is 2. The van der Waals surface area contributed by atoms with Gasteiger partial charge in [-0.3, -0.25) is 14.5 Å². The van der Waals surface area contributed by atoms with Gasteiger partial charge in [0.05, 0.1) is 4.88 Å². The fourth-order valence-electron chi connectivity index (χ4n) is 5.79. The number of benzene rings is 1. The van der Waals surface area contributed by atoms with Crippen molar-refractivity contribution in [2.24, 2.45) is 5.73 Å². The molecule has 5 rings (SSSR count). The zero-order valence-corrected chi connectivity index (χ0v) is 21.5. The SMILES string of the molecule is Cc1ccccc1CN(C1CC1)C1CCN(C(=O)c2cccs2)[C@@H](C(=O)NC2CCC(N)CC2)C1. The van der Waals surface area contributed by atoms with Crippen LogP contribution >= 0.6 is 11.3 Å². The number of piperidine rings is 1. The molecule has 3 fully saturated rings. The van der Waals surface area contributed by atoms with E-state index in [9.17, 15) is 9.59 Å². The number of carbonyl (C=O) groups excluding carboxylic acids is 2. The van der Waals surface area contributed by atoms with Gasteiger partial charge in [0.1, 0.15) is 6.04 Å². The third kappa shape index (κ3) is 5.79. The highest BCUT2D eigenvalue weighted by Gasteiger charge is 2.42. The van der Waals surface area contributed by atoms with E-state index in [4.69, 9.17) is 5.73 Å². The van der Waals surface area contributed by atoms with E-state index < -0.39 is 6.04 Å². The van der Waals surface area contributed by atoms with E-state index in [0.29, 0.717) is 29.9 Å². The lowest BCUT2D eigenvalue weighted by Gasteiger charge is -2.43. The highest BCUT2D eigenvalue weighted by atomic mass is 32.1. The molecule has 0 bridgehead atoms. The Morgan fingerprint density at radius 3 is 2.49 bits per heavy atom. The van der Waals surface area contributed by atoms with E-state index in [1.807, 2.05) is 22.4 Å². The molecule has 188 valence electrons. The summed E-state index contributed by atoms with van der Waals surface area (Å²) in [4.78, 5) is 32.2. The van der Waals surface area contributed by atoms with Crippen molar-refractivity contribution in [2.45, 2.75) is 95.0 Å². The third-order valence-corrected chi connectivity index (χ3v) is 8.95. The van der Waals surface area contributed by atoms with Crippen LogP contribution in [0.25, 0.3) is 0 Å². The first-order valence-corrected chi connectivity index (χ1v) is 14.1. The van der Waals surface area contributed by atoms with E-state index in [0.717, 1.165) is 38.6 Å². The maximum atomic E-state index is 13.6. The van der Waals surface area contributed by atoms with Crippen LogP contribution in [0.15, 0.2) is 41.8 Å². The molecule has 3 aliphatic rings. The Kier molecular flexibility index (Phi) is 7.56. The molecule has 1 aliphatic heterocycles. The summed E-state index contributed by atoms with van der Waals surface area (Å²) < 4.78 is 0. The molecule has 2 amide bonds. The minimum Gasteiger partial charge on any atom is -0.352 e. The molecule has 2 atom stereocenters. The van der Waals surface area contributed by atoms with Gasteiger partial charge in [0.15, 0.2) is 0 Å². The standard InChI is InChI=1S/C28H38N4O2S/c1-19-5-2-3-6-20(19)18-32(23-12-13-23)24-14-15-31(28(34)26-7-4-16-35-26)25(17-24)27(33)30-22-10-8-21(29)9-11-22/h2-7,16,21-25H,8-15,17-18,29H2,1H3,(H,30,33)/t21?,22?,24?,25-/m1/s1. The highest BCUT2D eigenvalue weighted by Crippen LogP contribution is 2.35. The summed E-state index contributed by atoms with van der Waals surface area (Å²) in [5.41, 5.74) is 8.75. The molecular weight excluding hydrogens is 456 g/mol. The molecular formula is C28H38N4O2S. The molecule has 1 aromatic carbocycles. The second-order valence-electron chi connectivity index (χ2n) is 10.6.